The zero-order chi connectivity index (χ0) is 18.8. The van der Waals surface area contributed by atoms with Gasteiger partial charge in [-0.15, -0.1) is 10.2 Å². The van der Waals surface area contributed by atoms with E-state index in [0.29, 0.717) is 34.1 Å². The number of benzene rings is 2. The first-order valence-corrected chi connectivity index (χ1v) is 9.52. The van der Waals surface area contributed by atoms with Gasteiger partial charge in [0.1, 0.15) is 18.2 Å². The Morgan fingerprint density at radius 3 is 2.78 bits per heavy atom. The van der Waals surface area contributed by atoms with E-state index in [1.54, 1.807) is 35.0 Å². The molecule has 4 rings (SSSR count). The maximum Gasteiger partial charge on any atom is 0.275 e. The van der Waals surface area contributed by atoms with E-state index in [-0.39, 0.29) is 12.2 Å². The third kappa shape index (κ3) is 3.50. The average Bonchev–Trinajstić information content (AvgIpc) is 3.10. The van der Waals surface area contributed by atoms with Gasteiger partial charge in [-0.3, -0.25) is 4.79 Å². The van der Waals surface area contributed by atoms with E-state index in [0.717, 1.165) is 0 Å². The van der Waals surface area contributed by atoms with E-state index in [1.807, 2.05) is 6.07 Å². The minimum absolute atomic E-state index is 0.00187. The zero-order valence-corrected chi connectivity index (χ0v) is 15.6. The predicted molar refractivity (Wildman–Crippen MR) is 100 cm³/mol. The number of ether oxygens (including phenoxy) is 1. The van der Waals surface area contributed by atoms with Gasteiger partial charge in [0.25, 0.3) is 5.91 Å². The largest absolute Gasteiger partial charge is 0.484 e. The predicted octanol–water partition coefficient (Wildman–Crippen LogP) is 3.53. The van der Waals surface area contributed by atoms with Crippen molar-refractivity contribution in [3.8, 4) is 5.75 Å². The normalized spacial score (nSPS) is 13.3. The van der Waals surface area contributed by atoms with Crippen LogP contribution in [0.5, 0.6) is 5.75 Å². The number of halogens is 2. The molecule has 6 nitrogen and oxygen atoms in total. The summed E-state index contributed by atoms with van der Waals surface area (Å²) in [4.78, 5) is 12.9. The van der Waals surface area contributed by atoms with Crippen molar-refractivity contribution in [3.05, 3.63) is 70.8 Å². The van der Waals surface area contributed by atoms with Crippen LogP contribution in [0.4, 0.5) is 4.39 Å². The molecule has 0 spiro atoms. The van der Waals surface area contributed by atoms with E-state index in [9.17, 15) is 9.18 Å². The molecule has 0 saturated carbocycles. The fraction of sp³-hybridized carbons (Fsp3) is 0.167. The fourth-order valence-corrected chi connectivity index (χ4v) is 3.77. The lowest BCUT2D eigenvalue weighted by Gasteiger charge is -2.29. The summed E-state index contributed by atoms with van der Waals surface area (Å²) in [6, 6.07) is 13.0. The monoisotopic (exact) mass is 404 g/mol. The molecule has 1 amide bonds. The van der Waals surface area contributed by atoms with Crippen LogP contribution in [0.25, 0.3) is 0 Å². The standard InChI is InChI=1S/C18H14ClFN4O2S/c19-13-6-2-4-8-15(13)26-11-16-21-22-18-24(16)23(9-10-27-18)17(25)12-5-1-3-7-14(12)20/h1-8H,9-11H2. The van der Waals surface area contributed by atoms with Crippen molar-refractivity contribution in [2.75, 3.05) is 17.3 Å². The molecule has 0 fully saturated rings. The van der Waals surface area contributed by atoms with Crippen molar-refractivity contribution in [1.29, 1.82) is 0 Å². The highest BCUT2D eigenvalue weighted by Gasteiger charge is 2.29. The summed E-state index contributed by atoms with van der Waals surface area (Å²) in [5, 5.41) is 10.7. The SMILES string of the molecule is O=C(c1ccccc1F)N1CCSc2nnc(COc3ccccc3Cl)n21. The van der Waals surface area contributed by atoms with Gasteiger partial charge in [0, 0.05) is 5.75 Å². The smallest absolute Gasteiger partial charge is 0.275 e. The number of thioether (sulfide) groups is 1. The number of carbonyl (C=O) groups excluding carboxylic acids is 1. The summed E-state index contributed by atoms with van der Waals surface area (Å²) in [5.74, 6) is 0.565. The summed E-state index contributed by atoms with van der Waals surface area (Å²) in [6.07, 6.45) is 0. The fourth-order valence-electron chi connectivity index (χ4n) is 2.71. The van der Waals surface area contributed by atoms with E-state index in [4.69, 9.17) is 16.3 Å². The second kappa shape index (κ2) is 7.58. The van der Waals surface area contributed by atoms with Crippen molar-refractivity contribution >= 4 is 29.3 Å². The van der Waals surface area contributed by atoms with Gasteiger partial charge in [0.2, 0.25) is 5.16 Å². The molecule has 0 atom stereocenters. The van der Waals surface area contributed by atoms with Crippen LogP contribution in [-0.4, -0.2) is 33.1 Å². The molecule has 0 radical (unpaired) electrons. The molecule has 1 aliphatic rings. The molecule has 2 aromatic carbocycles. The first kappa shape index (κ1) is 17.8. The molecule has 138 valence electrons. The molecule has 9 heteroatoms. The van der Waals surface area contributed by atoms with Gasteiger partial charge in [0.15, 0.2) is 5.82 Å². The maximum atomic E-state index is 14.1. The number of fused-ring (bicyclic) bond motifs is 1. The van der Waals surface area contributed by atoms with Crippen molar-refractivity contribution in [1.82, 2.24) is 14.9 Å². The Morgan fingerprint density at radius 1 is 1.19 bits per heavy atom. The molecule has 27 heavy (non-hydrogen) atoms. The Kier molecular flexibility index (Phi) is 5.00. The second-order valence-corrected chi connectivity index (χ2v) is 7.16. The van der Waals surface area contributed by atoms with Crippen molar-refractivity contribution in [3.63, 3.8) is 0 Å². The quantitative estimate of drug-likeness (QED) is 0.665. The van der Waals surface area contributed by atoms with E-state index in [1.165, 1.54) is 28.9 Å². The number of nitrogens with zero attached hydrogens (tertiary/aromatic N) is 4. The molecular weight excluding hydrogens is 391 g/mol. The minimum Gasteiger partial charge on any atom is -0.484 e. The van der Waals surface area contributed by atoms with Crippen LogP contribution in [0.15, 0.2) is 53.7 Å². The van der Waals surface area contributed by atoms with Gasteiger partial charge < -0.3 is 4.74 Å². The van der Waals surface area contributed by atoms with Crippen LogP contribution in [0.1, 0.15) is 16.2 Å². The van der Waals surface area contributed by atoms with E-state index >= 15 is 0 Å². The molecule has 0 bridgehead atoms. The van der Waals surface area contributed by atoms with Gasteiger partial charge in [-0.2, -0.15) is 0 Å². The van der Waals surface area contributed by atoms with Crippen LogP contribution in [0, 0.1) is 5.82 Å². The van der Waals surface area contributed by atoms with Gasteiger partial charge in [-0.25, -0.2) is 14.1 Å². The second-order valence-electron chi connectivity index (χ2n) is 5.69. The minimum atomic E-state index is -0.566. The first-order chi connectivity index (χ1) is 13.1. The highest BCUT2D eigenvalue weighted by atomic mass is 35.5. The number of carbonyl (C=O) groups is 1. The van der Waals surface area contributed by atoms with Crippen molar-refractivity contribution in [2.24, 2.45) is 0 Å². The van der Waals surface area contributed by atoms with Crippen LogP contribution >= 0.6 is 23.4 Å². The lowest BCUT2D eigenvalue weighted by molar-refractivity contribution is 0.0948. The molecule has 1 aromatic heterocycles. The Bertz CT molecular complexity index is 997. The topological polar surface area (TPSA) is 60.3 Å². The van der Waals surface area contributed by atoms with Gasteiger partial charge >= 0.3 is 0 Å². The third-order valence-corrected chi connectivity index (χ3v) is 5.20. The summed E-state index contributed by atoms with van der Waals surface area (Å²) in [7, 11) is 0. The highest BCUT2D eigenvalue weighted by Crippen LogP contribution is 2.27. The Hall–Kier alpha value is -2.58. The van der Waals surface area contributed by atoms with E-state index < -0.39 is 11.7 Å². The van der Waals surface area contributed by atoms with Crippen LogP contribution < -0.4 is 9.75 Å². The zero-order valence-electron chi connectivity index (χ0n) is 14.0. The summed E-state index contributed by atoms with van der Waals surface area (Å²) in [5.41, 5.74) is 0.00187. The molecular formula is C18H14ClFN4O2S. The van der Waals surface area contributed by atoms with Crippen LogP contribution in [0.3, 0.4) is 0 Å². The maximum absolute atomic E-state index is 14.1. The molecule has 0 aliphatic carbocycles. The van der Waals surface area contributed by atoms with Crippen LogP contribution in [0.2, 0.25) is 5.02 Å². The molecule has 1 aliphatic heterocycles. The van der Waals surface area contributed by atoms with Gasteiger partial charge in [0.05, 0.1) is 17.1 Å². The Labute approximate surface area is 163 Å². The summed E-state index contributed by atoms with van der Waals surface area (Å²) >= 11 is 7.58. The number of hydrogen-bond acceptors (Lipinski definition) is 5. The molecule has 0 N–H and O–H groups in total. The Balaban J connectivity index is 1.62. The number of hydrogen-bond donors (Lipinski definition) is 0. The van der Waals surface area contributed by atoms with E-state index in [2.05, 4.69) is 10.2 Å². The molecule has 2 heterocycles. The first-order valence-electron chi connectivity index (χ1n) is 8.16. The van der Waals surface area contributed by atoms with Crippen LogP contribution in [-0.2, 0) is 6.61 Å². The van der Waals surface area contributed by atoms with Gasteiger partial charge in [-0.1, -0.05) is 47.6 Å². The summed E-state index contributed by atoms with van der Waals surface area (Å²) < 4.78 is 21.4. The molecule has 0 saturated heterocycles. The Morgan fingerprint density at radius 2 is 1.96 bits per heavy atom. The molecule has 0 unspecified atom stereocenters. The lowest BCUT2D eigenvalue weighted by atomic mass is 10.2. The number of rotatable bonds is 4. The highest BCUT2D eigenvalue weighted by molar-refractivity contribution is 7.99. The lowest BCUT2D eigenvalue weighted by Crippen LogP contribution is -2.46. The van der Waals surface area contributed by atoms with Gasteiger partial charge in [-0.05, 0) is 24.3 Å². The number of aromatic nitrogens is 3. The number of amides is 1. The van der Waals surface area contributed by atoms with Crippen molar-refractivity contribution in [2.45, 2.75) is 11.8 Å². The third-order valence-electron chi connectivity index (χ3n) is 3.98. The average molecular weight is 405 g/mol. The molecule has 3 aromatic rings. The summed E-state index contributed by atoms with van der Waals surface area (Å²) in [6.45, 7) is 0.473. The van der Waals surface area contributed by atoms with Crippen molar-refractivity contribution < 1.29 is 13.9 Å². The number of para-hydroxylation sites is 1.